The second kappa shape index (κ2) is 8.12. The van der Waals surface area contributed by atoms with Crippen LogP contribution in [0, 0.1) is 5.92 Å². The summed E-state index contributed by atoms with van der Waals surface area (Å²) in [6.45, 7) is 4.05. The predicted molar refractivity (Wildman–Crippen MR) is 99.2 cm³/mol. The number of hydrogen-bond donors (Lipinski definition) is 2. The van der Waals surface area contributed by atoms with Gasteiger partial charge in [-0.1, -0.05) is 13.8 Å². The summed E-state index contributed by atoms with van der Waals surface area (Å²) in [5.41, 5.74) is 1.03. The van der Waals surface area contributed by atoms with Crippen LogP contribution in [-0.4, -0.2) is 32.4 Å². The normalized spacial score (nSPS) is 19.8. The molecule has 7 heteroatoms. The minimum atomic E-state index is -0.143. The first-order chi connectivity index (χ1) is 12.5. The Morgan fingerprint density at radius 3 is 2.62 bits per heavy atom. The number of hydrogen-bond acceptors (Lipinski definition) is 4. The lowest BCUT2D eigenvalue weighted by molar-refractivity contribution is -0.115. The number of carbonyl (C=O) groups is 2. The van der Waals surface area contributed by atoms with E-state index in [-0.39, 0.29) is 17.9 Å². The molecular formula is C19H25N5O2. The van der Waals surface area contributed by atoms with E-state index >= 15 is 0 Å². The van der Waals surface area contributed by atoms with Gasteiger partial charge in [0.05, 0.1) is 11.9 Å². The fourth-order valence-electron chi connectivity index (χ4n) is 3.09. The second-order valence-corrected chi connectivity index (χ2v) is 6.90. The lowest BCUT2D eigenvalue weighted by atomic mass is 9.87. The van der Waals surface area contributed by atoms with Crippen LogP contribution in [0.3, 0.4) is 0 Å². The van der Waals surface area contributed by atoms with Crippen LogP contribution >= 0.6 is 0 Å². The van der Waals surface area contributed by atoms with E-state index in [4.69, 9.17) is 0 Å². The van der Waals surface area contributed by atoms with Crippen molar-refractivity contribution in [2.24, 2.45) is 5.92 Å². The van der Waals surface area contributed by atoms with Crippen LogP contribution < -0.4 is 10.6 Å². The zero-order valence-electron chi connectivity index (χ0n) is 15.2. The van der Waals surface area contributed by atoms with E-state index in [0.29, 0.717) is 23.6 Å². The van der Waals surface area contributed by atoms with Gasteiger partial charge < -0.3 is 10.6 Å². The molecule has 26 heavy (non-hydrogen) atoms. The highest BCUT2D eigenvalue weighted by molar-refractivity contribution is 5.92. The summed E-state index contributed by atoms with van der Waals surface area (Å²) in [6, 6.07) is 3.79. The fraction of sp³-hybridized carbons (Fsp3) is 0.474. The summed E-state index contributed by atoms with van der Waals surface area (Å²) in [6.07, 6.45) is 9.63. The summed E-state index contributed by atoms with van der Waals surface area (Å²) in [5, 5.41) is 5.83. The monoisotopic (exact) mass is 355 g/mol. The third-order valence-electron chi connectivity index (χ3n) is 4.78. The van der Waals surface area contributed by atoms with E-state index in [0.717, 1.165) is 31.6 Å². The van der Waals surface area contributed by atoms with Crippen molar-refractivity contribution in [2.75, 3.05) is 5.32 Å². The van der Waals surface area contributed by atoms with Crippen molar-refractivity contribution in [2.45, 2.75) is 52.0 Å². The summed E-state index contributed by atoms with van der Waals surface area (Å²) >= 11 is 0. The highest BCUT2D eigenvalue weighted by Gasteiger charge is 2.21. The van der Waals surface area contributed by atoms with E-state index in [9.17, 15) is 9.59 Å². The van der Waals surface area contributed by atoms with Crippen molar-refractivity contribution in [1.29, 1.82) is 0 Å². The van der Waals surface area contributed by atoms with E-state index < -0.39 is 0 Å². The van der Waals surface area contributed by atoms with Crippen molar-refractivity contribution in [1.82, 2.24) is 19.9 Å². The Morgan fingerprint density at radius 2 is 1.96 bits per heavy atom. The van der Waals surface area contributed by atoms with Crippen molar-refractivity contribution in [3.63, 3.8) is 0 Å². The minimum absolute atomic E-state index is 0.0572. The molecule has 2 heterocycles. The van der Waals surface area contributed by atoms with Crippen LogP contribution in [0.1, 0.15) is 56.4 Å². The molecule has 0 saturated heterocycles. The molecule has 1 aliphatic carbocycles. The summed E-state index contributed by atoms with van der Waals surface area (Å²) in [4.78, 5) is 32.3. The Morgan fingerprint density at radius 1 is 1.19 bits per heavy atom. The minimum Gasteiger partial charge on any atom is -0.348 e. The molecule has 7 nitrogen and oxygen atoms in total. The van der Waals surface area contributed by atoms with Gasteiger partial charge in [0.1, 0.15) is 17.8 Å². The molecular weight excluding hydrogens is 330 g/mol. The topological polar surface area (TPSA) is 88.9 Å². The van der Waals surface area contributed by atoms with Crippen LogP contribution in [0.25, 0.3) is 5.82 Å². The number of nitrogens with zero attached hydrogens (tertiary/aromatic N) is 3. The maximum absolute atomic E-state index is 12.4. The van der Waals surface area contributed by atoms with Crippen LogP contribution in [0.4, 0.5) is 5.69 Å². The number of amides is 2. The first-order valence-electron chi connectivity index (χ1n) is 9.16. The van der Waals surface area contributed by atoms with Gasteiger partial charge in [-0.3, -0.25) is 14.2 Å². The molecule has 2 aromatic heterocycles. The number of carbonyl (C=O) groups excluding carboxylic acids is 2. The SMILES string of the molecule is CCC(=O)Nc1ccc(-n2cnc(C(=O)NC3CCC(C)CC3)c2)nc1. The van der Waals surface area contributed by atoms with Gasteiger partial charge >= 0.3 is 0 Å². The highest BCUT2D eigenvalue weighted by Crippen LogP contribution is 2.23. The van der Waals surface area contributed by atoms with Crippen LogP contribution in [0.15, 0.2) is 30.9 Å². The number of rotatable bonds is 5. The number of aromatic nitrogens is 3. The first kappa shape index (κ1) is 18.1. The molecule has 1 saturated carbocycles. The summed E-state index contributed by atoms with van der Waals surface area (Å²) < 4.78 is 1.70. The summed E-state index contributed by atoms with van der Waals surface area (Å²) in [7, 11) is 0. The molecule has 3 rings (SSSR count). The molecule has 0 spiro atoms. The lowest BCUT2D eigenvalue weighted by Gasteiger charge is -2.26. The molecule has 2 amide bonds. The van der Waals surface area contributed by atoms with Crippen LogP contribution in [0.5, 0.6) is 0 Å². The molecule has 0 aliphatic heterocycles. The molecule has 0 aromatic carbocycles. The number of nitrogens with one attached hydrogen (secondary N) is 2. The summed E-state index contributed by atoms with van der Waals surface area (Å²) in [5.74, 6) is 1.18. The average molecular weight is 355 g/mol. The maximum atomic E-state index is 12.4. The van der Waals surface area contributed by atoms with Crippen LogP contribution in [0.2, 0.25) is 0 Å². The van der Waals surface area contributed by atoms with E-state index in [1.807, 2.05) is 0 Å². The largest absolute Gasteiger partial charge is 0.348 e. The Hall–Kier alpha value is -2.70. The van der Waals surface area contributed by atoms with Gasteiger partial charge in [-0.2, -0.15) is 0 Å². The zero-order chi connectivity index (χ0) is 18.5. The third kappa shape index (κ3) is 4.47. The molecule has 0 bridgehead atoms. The zero-order valence-corrected chi connectivity index (χ0v) is 15.2. The molecule has 138 valence electrons. The second-order valence-electron chi connectivity index (χ2n) is 6.90. The smallest absolute Gasteiger partial charge is 0.271 e. The number of imidazole rings is 1. The average Bonchev–Trinajstić information content (AvgIpc) is 3.14. The quantitative estimate of drug-likeness (QED) is 0.863. The van der Waals surface area contributed by atoms with Crippen LogP contribution in [-0.2, 0) is 4.79 Å². The molecule has 1 fully saturated rings. The van der Waals surface area contributed by atoms with Crippen molar-refractivity contribution < 1.29 is 9.59 Å². The molecule has 2 aromatic rings. The van der Waals surface area contributed by atoms with Gasteiger partial charge in [-0.05, 0) is 43.7 Å². The number of pyridine rings is 1. The molecule has 0 atom stereocenters. The van der Waals surface area contributed by atoms with E-state index in [1.165, 1.54) is 0 Å². The molecule has 0 radical (unpaired) electrons. The van der Waals surface area contributed by atoms with Gasteiger partial charge in [-0.15, -0.1) is 0 Å². The van der Waals surface area contributed by atoms with Crippen molar-refractivity contribution in [3.8, 4) is 5.82 Å². The fourth-order valence-corrected chi connectivity index (χ4v) is 3.09. The van der Waals surface area contributed by atoms with E-state index in [2.05, 4.69) is 27.5 Å². The Balaban J connectivity index is 1.62. The Bertz CT molecular complexity index is 760. The predicted octanol–water partition coefficient (Wildman–Crippen LogP) is 2.92. The van der Waals surface area contributed by atoms with E-state index in [1.54, 1.807) is 42.3 Å². The van der Waals surface area contributed by atoms with Gasteiger partial charge in [0.25, 0.3) is 5.91 Å². The highest BCUT2D eigenvalue weighted by atomic mass is 16.2. The van der Waals surface area contributed by atoms with Gasteiger partial charge in [0, 0.05) is 18.7 Å². The van der Waals surface area contributed by atoms with Crippen molar-refractivity contribution >= 4 is 17.5 Å². The molecule has 0 unspecified atom stereocenters. The van der Waals surface area contributed by atoms with Gasteiger partial charge in [0.2, 0.25) is 5.91 Å². The molecule has 1 aliphatic rings. The van der Waals surface area contributed by atoms with Crippen molar-refractivity contribution in [3.05, 3.63) is 36.5 Å². The standard InChI is InChI=1S/C19H25N5O2/c1-3-18(25)22-15-8-9-17(20-10-15)24-11-16(21-12-24)19(26)23-14-6-4-13(2)5-7-14/h8-14H,3-7H2,1-2H3,(H,22,25)(H,23,26). The number of anilines is 1. The molecule has 2 N–H and O–H groups in total. The first-order valence-corrected chi connectivity index (χ1v) is 9.16. The third-order valence-corrected chi connectivity index (χ3v) is 4.78. The van der Waals surface area contributed by atoms with Gasteiger partial charge in [0.15, 0.2) is 0 Å². The lowest BCUT2D eigenvalue weighted by Crippen LogP contribution is -2.37. The van der Waals surface area contributed by atoms with Gasteiger partial charge in [-0.25, -0.2) is 9.97 Å². The maximum Gasteiger partial charge on any atom is 0.271 e. The Labute approximate surface area is 153 Å². The Kier molecular flexibility index (Phi) is 5.65.